The van der Waals surface area contributed by atoms with E-state index in [2.05, 4.69) is 18.7 Å². The van der Waals surface area contributed by atoms with Gasteiger partial charge in [0.1, 0.15) is 5.75 Å². The number of fused-ring (bicyclic) bond motifs is 3. The Hall–Kier alpha value is -2.22. The van der Waals surface area contributed by atoms with Crippen LogP contribution in [0.1, 0.15) is 5.56 Å². The maximum absolute atomic E-state index is 5.34. The molecule has 0 aliphatic heterocycles. The van der Waals surface area contributed by atoms with Crippen LogP contribution in [0.3, 0.4) is 0 Å². The molecule has 0 spiro atoms. The maximum Gasteiger partial charge on any atom is 0.126 e. The number of ether oxygens (including phenoxy) is 1. The Labute approximate surface area is 99.1 Å². The normalized spacial score (nSPS) is 10.9. The average molecular weight is 224 g/mol. The fraction of sp³-hybridized carbons (Fsp3) is 0.0667. The molecule has 0 saturated heterocycles. The second-order valence-corrected chi connectivity index (χ2v) is 3.92. The lowest BCUT2D eigenvalue weighted by molar-refractivity contribution is 0.414. The van der Waals surface area contributed by atoms with Crippen LogP contribution in [0.15, 0.2) is 47.8 Å². The molecule has 0 radical (unpaired) electrons. The summed E-state index contributed by atoms with van der Waals surface area (Å²) in [6.45, 7) is 3.85. The molecule has 84 valence electrons. The van der Waals surface area contributed by atoms with Gasteiger partial charge in [-0.15, -0.1) is 0 Å². The van der Waals surface area contributed by atoms with Crippen molar-refractivity contribution >= 4 is 27.6 Å². The standard InChI is InChI=1S/C15H12O2/c1-3-11-12-5-4-10-8-17-9-14(10)13(12)6-7-15(11)16-2/h3-9H,1H2,2H3. The number of hydrogen-bond donors (Lipinski definition) is 0. The van der Waals surface area contributed by atoms with Crippen molar-refractivity contribution < 1.29 is 9.15 Å². The molecule has 3 rings (SSSR count). The van der Waals surface area contributed by atoms with E-state index in [1.165, 1.54) is 0 Å². The van der Waals surface area contributed by atoms with Gasteiger partial charge < -0.3 is 9.15 Å². The summed E-state index contributed by atoms with van der Waals surface area (Å²) >= 11 is 0. The SMILES string of the molecule is C=Cc1c(OC)ccc2c1ccc1cocc12. The quantitative estimate of drug-likeness (QED) is 0.649. The number of furan rings is 1. The van der Waals surface area contributed by atoms with Crippen LogP contribution >= 0.6 is 0 Å². The summed E-state index contributed by atoms with van der Waals surface area (Å²) in [4.78, 5) is 0. The predicted octanol–water partition coefficient (Wildman–Crippen LogP) is 4.24. The highest BCUT2D eigenvalue weighted by molar-refractivity contribution is 6.10. The smallest absolute Gasteiger partial charge is 0.126 e. The van der Waals surface area contributed by atoms with Gasteiger partial charge in [0.15, 0.2) is 0 Å². The van der Waals surface area contributed by atoms with Crippen molar-refractivity contribution in [2.24, 2.45) is 0 Å². The molecule has 2 aromatic carbocycles. The zero-order chi connectivity index (χ0) is 11.8. The number of methoxy groups -OCH3 is 1. The van der Waals surface area contributed by atoms with E-state index >= 15 is 0 Å². The van der Waals surface area contributed by atoms with Crippen LogP contribution in [0.25, 0.3) is 27.6 Å². The minimum absolute atomic E-state index is 0.843. The summed E-state index contributed by atoms with van der Waals surface area (Å²) in [5.41, 5.74) is 1.02. The molecule has 2 heteroatoms. The van der Waals surface area contributed by atoms with Crippen molar-refractivity contribution in [3.05, 3.63) is 48.9 Å². The summed E-state index contributed by atoms with van der Waals surface area (Å²) < 4.78 is 10.6. The maximum atomic E-state index is 5.34. The largest absolute Gasteiger partial charge is 0.496 e. The number of hydrogen-bond acceptors (Lipinski definition) is 2. The highest BCUT2D eigenvalue weighted by atomic mass is 16.5. The average Bonchev–Trinajstić information content (AvgIpc) is 2.85. The summed E-state index contributed by atoms with van der Waals surface area (Å²) in [6, 6.07) is 8.14. The Morgan fingerprint density at radius 1 is 1.06 bits per heavy atom. The second kappa shape index (κ2) is 3.67. The lowest BCUT2D eigenvalue weighted by Crippen LogP contribution is -1.88. The molecule has 1 heterocycles. The first-order valence-corrected chi connectivity index (χ1v) is 5.43. The molecule has 2 nitrogen and oxygen atoms in total. The lowest BCUT2D eigenvalue weighted by Gasteiger charge is -2.09. The van der Waals surface area contributed by atoms with Crippen LogP contribution in [0.4, 0.5) is 0 Å². The van der Waals surface area contributed by atoms with Crippen LogP contribution in [0, 0.1) is 0 Å². The van der Waals surface area contributed by atoms with E-state index in [0.717, 1.165) is 32.9 Å². The third-order valence-corrected chi connectivity index (χ3v) is 3.08. The Bertz CT molecular complexity index is 707. The molecular formula is C15H12O2. The third kappa shape index (κ3) is 1.34. The zero-order valence-corrected chi connectivity index (χ0v) is 9.57. The van der Waals surface area contributed by atoms with Crippen LogP contribution in [-0.4, -0.2) is 7.11 Å². The highest BCUT2D eigenvalue weighted by Crippen LogP contribution is 2.33. The van der Waals surface area contributed by atoms with Crippen LogP contribution in [-0.2, 0) is 0 Å². The van der Waals surface area contributed by atoms with E-state index < -0.39 is 0 Å². The monoisotopic (exact) mass is 224 g/mol. The molecule has 0 saturated carbocycles. The summed E-state index contributed by atoms with van der Waals surface area (Å²) in [6.07, 6.45) is 5.36. The van der Waals surface area contributed by atoms with Gasteiger partial charge in [-0.1, -0.05) is 24.8 Å². The second-order valence-electron chi connectivity index (χ2n) is 3.92. The molecule has 0 amide bonds. The van der Waals surface area contributed by atoms with E-state index in [-0.39, 0.29) is 0 Å². The molecule has 0 aliphatic rings. The Morgan fingerprint density at radius 3 is 2.65 bits per heavy atom. The van der Waals surface area contributed by atoms with Gasteiger partial charge in [0, 0.05) is 16.3 Å². The molecule has 3 aromatic rings. The fourth-order valence-corrected chi connectivity index (χ4v) is 2.25. The summed E-state index contributed by atoms with van der Waals surface area (Å²) in [5, 5.41) is 4.52. The van der Waals surface area contributed by atoms with Crippen molar-refractivity contribution in [2.75, 3.05) is 7.11 Å². The van der Waals surface area contributed by atoms with Gasteiger partial charge in [-0.3, -0.25) is 0 Å². The lowest BCUT2D eigenvalue weighted by atomic mass is 10.00. The predicted molar refractivity (Wildman–Crippen MR) is 70.4 cm³/mol. The fourth-order valence-electron chi connectivity index (χ4n) is 2.25. The molecule has 1 aromatic heterocycles. The van der Waals surface area contributed by atoms with E-state index in [0.29, 0.717) is 0 Å². The Balaban J connectivity index is 2.51. The first kappa shape index (κ1) is 9.97. The van der Waals surface area contributed by atoms with Crippen LogP contribution in [0.2, 0.25) is 0 Å². The number of benzene rings is 2. The molecule has 0 fully saturated rings. The van der Waals surface area contributed by atoms with E-state index in [9.17, 15) is 0 Å². The summed E-state index contributed by atoms with van der Waals surface area (Å²) in [5.74, 6) is 0.843. The van der Waals surface area contributed by atoms with Gasteiger partial charge in [0.2, 0.25) is 0 Å². The van der Waals surface area contributed by atoms with Gasteiger partial charge in [0.25, 0.3) is 0 Å². The van der Waals surface area contributed by atoms with Gasteiger partial charge in [-0.25, -0.2) is 0 Å². The first-order valence-electron chi connectivity index (χ1n) is 5.43. The van der Waals surface area contributed by atoms with E-state index in [1.54, 1.807) is 19.6 Å². The summed E-state index contributed by atoms with van der Waals surface area (Å²) in [7, 11) is 1.67. The van der Waals surface area contributed by atoms with Crippen molar-refractivity contribution in [3.8, 4) is 5.75 Å². The molecular weight excluding hydrogens is 212 g/mol. The number of rotatable bonds is 2. The Morgan fingerprint density at radius 2 is 1.88 bits per heavy atom. The van der Waals surface area contributed by atoms with E-state index in [4.69, 9.17) is 9.15 Å². The first-order chi connectivity index (χ1) is 8.35. The minimum Gasteiger partial charge on any atom is -0.496 e. The van der Waals surface area contributed by atoms with Crippen molar-refractivity contribution in [2.45, 2.75) is 0 Å². The molecule has 17 heavy (non-hydrogen) atoms. The van der Waals surface area contributed by atoms with Crippen LogP contribution < -0.4 is 4.74 Å². The van der Waals surface area contributed by atoms with Gasteiger partial charge in [0.05, 0.1) is 19.6 Å². The zero-order valence-electron chi connectivity index (χ0n) is 9.57. The van der Waals surface area contributed by atoms with E-state index in [1.807, 2.05) is 18.2 Å². The van der Waals surface area contributed by atoms with Gasteiger partial charge >= 0.3 is 0 Å². The topological polar surface area (TPSA) is 22.4 Å². The minimum atomic E-state index is 0.843. The molecule has 0 N–H and O–H groups in total. The Kier molecular flexibility index (Phi) is 2.15. The molecule has 0 bridgehead atoms. The van der Waals surface area contributed by atoms with Crippen molar-refractivity contribution in [3.63, 3.8) is 0 Å². The van der Waals surface area contributed by atoms with Gasteiger partial charge in [-0.2, -0.15) is 0 Å². The van der Waals surface area contributed by atoms with Crippen molar-refractivity contribution in [1.82, 2.24) is 0 Å². The van der Waals surface area contributed by atoms with Gasteiger partial charge in [-0.05, 0) is 22.9 Å². The molecule has 0 aliphatic carbocycles. The third-order valence-electron chi connectivity index (χ3n) is 3.08. The molecule has 0 unspecified atom stereocenters. The van der Waals surface area contributed by atoms with Crippen LogP contribution in [0.5, 0.6) is 5.75 Å². The van der Waals surface area contributed by atoms with Crippen molar-refractivity contribution in [1.29, 1.82) is 0 Å². The highest BCUT2D eigenvalue weighted by Gasteiger charge is 2.08. The molecule has 0 atom stereocenters.